The molecule has 0 aliphatic carbocycles. The Balaban J connectivity index is 3.14. The molecule has 108 valence electrons. The lowest BCUT2D eigenvalue weighted by molar-refractivity contribution is -0.0392. The molecule has 0 bridgehead atoms. The predicted octanol–water partition coefficient (Wildman–Crippen LogP) is 3.68. The molecule has 0 amide bonds. The van der Waals surface area contributed by atoms with Gasteiger partial charge in [-0.25, -0.2) is 0 Å². The van der Waals surface area contributed by atoms with E-state index in [1.165, 1.54) is 0 Å². The van der Waals surface area contributed by atoms with Crippen molar-refractivity contribution >= 4 is 0 Å². The Morgan fingerprint density at radius 1 is 1.16 bits per heavy atom. The fourth-order valence-electron chi connectivity index (χ4n) is 2.49. The zero-order valence-electron chi connectivity index (χ0n) is 12.8. The van der Waals surface area contributed by atoms with Crippen molar-refractivity contribution in [3.8, 4) is 5.75 Å². The largest absolute Gasteiger partial charge is 0.491 e. The molecule has 0 spiro atoms. The third kappa shape index (κ3) is 3.48. The van der Waals surface area contributed by atoms with E-state index < -0.39 is 0 Å². The molecule has 1 aromatic rings. The molecule has 1 unspecified atom stereocenters. The van der Waals surface area contributed by atoms with Gasteiger partial charge in [-0.1, -0.05) is 32.0 Å². The third-order valence-corrected chi connectivity index (χ3v) is 3.79. The summed E-state index contributed by atoms with van der Waals surface area (Å²) in [6.07, 6.45) is 1.88. The highest BCUT2D eigenvalue weighted by Gasteiger charge is 2.35. The zero-order chi connectivity index (χ0) is 14.5. The SMILES string of the molecule is CCC(CC)(OC)C(N)c1ccccc1OC(C)C. The highest BCUT2D eigenvalue weighted by molar-refractivity contribution is 5.37. The lowest BCUT2D eigenvalue weighted by atomic mass is 9.84. The van der Waals surface area contributed by atoms with E-state index in [1.54, 1.807) is 7.11 Å². The molecule has 19 heavy (non-hydrogen) atoms. The van der Waals surface area contributed by atoms with Crippen LogP contribution in [0.15, 0.2) is 24.3 Å². The van der Waals surface area contributed by atoms with E-state index in [2.05, 4.69) is 13.8 Å². The van der Waals surface area contributed by atoms with Crippen LogP contribution in [-0.4, -0.2) is 18.8 Å². The maximum absolute atomic E-state index is 6.48. The standard InChI is InChI=1S/C16H27NO2/c1-6-16(7-2,18-5)15(17)13-10-8-9-11-14(13)19-12(3)4/h8-12,15H,6-7,17H2,1-5H3. The van der Waals surface area contributed by atoms with Gasteiger partial charge < -0.3 is 15.2 Å². The maximum Gasteiger partial charge on any atom is 0.124 e. The van der Waals surface area contributed by atoms with Gasteiger partial charge in [-0.3, -0.25) is 0 Å². The molecule has 0 saturated carbocycles. The smallest absolute Gasteiger partial charge is 0.124 e. The van der Waals surface area contributed by atoms with Gasteiger partial charge in [0.15, 0.2) is 0 Å². The van der Waals surface area contributed by atoms with Crippen molar-refractivity contribution in [2.24, 2.45) is 5.73 Å². The summed E-state index contributed by atoms with van der Waals surface area (Å²) in [6.45, 7) is 8.26. The van der Waals surface area contributed by atoms with Crippen molar-refractivity contribution in [1.82, 2.24) is 0 Å². The third-order valence-electron chi connectivity index (χ3n) is 3.79. The van der Waals surface area contributed by atoms with E-state index in [9.17, 15) is 0 Å². The second-order valence-electron chi connectivity index (χ2n) is 5.16. The molecule has 1 atom stereocenters. The van der Waals surface area contributed by atoms with Gasteiger partial charge >= 0.3 is 0 Å². The maximum atomic E-state index is 6.48. The molecule has 0 aromatic heterocycles. The Hall–Kier alpha value is -1.06. The summed E-state index contributed by atoms with van der Waals surface area (Å²) in [5, 5.41) is 0. The van der Waals surface area contributed by atoms with Crippen molar-refractivity contribution in [3.05, 3.63) is 29.8 Å². The van der Waals surface area contributed by atoms with Crippen molar-refractivity contribution < 1.29 is 9.47 Å². The molecule has 3 heteroatoms. The number of methoxy groups -OCH3 is 1. The number of para-hydroxylation sites is 1. The van der Waals surface area contributed by atoms with Crippen molar-refractivity contribution in [3.63, 3.8) is 0 Å². The Labute approximate surface area is 117 Å². The van der Waals surface area contributed by atoms with Crippen LogP contribution >= 0.6 is 0 Å². The summed E-state index contributed by atoms with van der Waals surface area (Å²) < 4.78 is 11.6. The molecule has 0 aliphatic heterocycles. The first-order chi connectivity index (χ1) is 9.00. The van der Waals surface area contributed by atoms with Gasteiger partial charge in [0.25, 0.3) is 0 Å². The minimum absolute atomic E-state index is 0.133. The van der Waals surface area contributed by atoms with Gasteiger partial charge in [0.2, 0.25) is 0 Å². The van der Waals surface area contributed by atoms with Crippen LogP contribution in [0, 0.1) is 0 Å². The summed E-state index contributed by atoms with van der Waals surface area (Å²) in [5.74, 6) is 0.855. The highest BCUT2D eigenvalue weighted by Crippen LogP contribution is 2.37. The number of rotatable bonds is 7. The monoisotopic (exact) mass is 265 g/mol. The van der Waals surface area contributed by atoms with Gasteiger partial charge in [-0.15, -0.1) is 0 Å². The minimum Gasteiger partial charge on any atom is -0.491 e. The van der Waals surface area contributed by atoms with E-state index in [1.807, 2.05) is 38.1 Å². The molecule has 1 rings (SSSR count). The zero-order valence-corrected chi connectivity index (χ0v) is 12.8. The van der Waals surface area contributed by atoms with Crippen molar-refractivity contribution in [1.29, 1.82) is 0 Å². The van der Waals surface area contributed by atoms with Crippen molar-refractivity contribution in [2.45, 2.75) is 58.3 Å². The Morgan fingerprint density at radius 2 is 1.74 bits per heavy atom. The van der Waals surface area contributed by atoms with Crippen LogP contribution in [0.4, 0.5) is 0 Å². The summed E-state index contributed by atoms with van der Waals surface area (Å²) >= 11 is 0. The van der Waals surface area contributed by atoms with E-state index >= 15 is 0 Å². The van der Waals surface area contributed by atoms with Crippen LogP contribution in [0.3, 0.4) is 0 Å². The molecule has 0 heterocycles. The van der Waals surface area contributed by atoms with Gasteiger partial charge in [0.05, 0.1) is 17.7 Å². The summed E-state index contributed by atoms with van der Waals surface area (Å²) in [4.78, 5) is 0. The summed E-state index contributed by atoms with van der Waals surface area (Å²) in [7, 11) is 1.73. The fourth-order valence-corrected chi connectivity index (χ4v) is 2.49. The second-order valence-corrected chi connectivity index (χ2v) is 5.16. The Kier molecular flexibility index (Phi) is 5.83. The normalized spacial score (nSPS) is 13.6. The summed E-state index contributed by atoms with van der Waals surface area (Å²) in [5.41, 5.74) is 7.16. The van der Waals surface area contributed by atoms with Crippen molar-refractivity contribution in [2.75, 3.05) is 7.11 Å². The number of ether oxygens (including phenoxy) is 2. The first-order valence-corrected chi connectivity index (χ1v) is 7.07. The molecule has 1 aromatic carbocycles. The first-order valence-electron chi connectivity index (χ1n) is 7.07. The lowest BCUT2D eigenvalue weighted by Gasteiger charge is -2.37. The van der Waals surface area contributed by atoms with E-state index in [0.29, 0.717) is 0 Å². The van der Waals surface area contributed by atoms with Crippen LogP contribution in [0.1, 0.15) is 52.1 Å². The Bertz CT molecular complexity index is 378. The lowest BCUT2D eigenvalue weighted by Crippen LogP contribution is -2.42. The van der Waals surface area contributed by atoms with Crippen LogP contribution in [-0.2, 0) is 4.74 Å². The molecule has 0 radical (unpaired) electrons. The van der Waals surface area contributed by atoms with E-state index in [0.717, 1.165) is 24.2 Å². The molecule has 0 saturated heterocycles. The van der Waals surface area contributed by atoms with Crippen LogP contribution in [0.2, 0.25) is 0 Å². The molecular weight excluding hydrogens is 238 g/mol. The first kappa shape index (κ1) is 16.0. The van der Waals surface area contributed by atoms with Crippen LogP contribution in [0.5, 0.6) is 5.75 Å². The molecule has 3 nitrogen and oxygen atoms in total. The number of hydrogen-bond acceptors (Lipinski definition) is 3. The molecule has 2 N–H and O–H groups in total. The average molecular weight is 265 g/mol. The second kappa shape index (κ2) is 6.92. The average Bonchev–Trinajstić information content (AvgIpc) is 2.41. The van der Waals surface area contributed by atoms with Gasteiger partial charge in [-0.05, 0) is 32.8 Å². The fraction of sp³-hybridized carbons (Fsp3) is 0.625. The van der Waals surface area contributed by atoms with Gasteiger partial charge in [-0.2, -0.15) is 0 Å². The van der Waals surface area contributed by atoms with Crippen LogP contribution in [0.25, 0.3) is 0 Å². The predicted molar refractivity (Wildman–Crippen MR) is 79.5 cm³/mol. The molecular formula is C16H27NO2. The summed E-state index contributed by atoms with van der Waals surface area (Å²) in [6, 6.07) is 7.78. The molecule has 0 aliphatic rings. The van der Waals surface area contributed by atoms with E-state index in [-0.39, 0.29) is 17.7 Å². The van der Waals surface area contributed by atoms with E-state index in [4.69, 9.17) is 15.2 Å². The highest BCUT2D eigenvalue weighted by atomic mass is 16.5. The quantitative estimate of drug-likeness (QED) is 0.818. The van der Waals surface area contributed by atoms with Gasteiger partial charge in [0, 0.05) is 12.7 Å². The number of hydrogen-bond donors (Lipinski definition) is 1. The minimum atomic E-state index is -0.337. The number of nitrogens with two attached hydrogens (primary N) is 1. The van der Waals surface area contributed by atoms with Crippen LogP contribution < -0.4 is 10.5 Å². The number of benzene rings is 1. The molecule has 0 fully saturated rings. The Morgan fingerprint density at radius 3 is 2.21 bits per heavy atom. The van der Waals surface area contributed by atoms with Gasteiger partial charge in [0.1, 0.15) is 5.75 Å². The topological polar surface area (TPSA) is 44.5 Å².